The number of aromatic nitrogens is 4. The van der Waals surface area contributed by atoms with Crippen molar-refractivity contribution in [1.82, 2.24) is 24.4 Å². The molecule has 1 saturated heterocycles. The van der Waals surface area contributed by atoms with Gasteiger partial charge in [-0.05, 0) is 55.9 Å². The maximum absolute atomic E-state index is 15.4. The Kier molecular flexibility index (Phi) is 6.62. The number of pyridine rings is 2. The van der Waals surface area contributed by atoms with Crippen LogP contribution in [0.2, 0.25) is 0 Å². The second kappa shape index (κ2) is 9.88. The lowest BCUT2D eigenvalue weighted by Crippen LogP contribution is -2.54. The Bertz CT molecular complexity index is 1480. The zero-order valence-electron chi connectivity index (χ0n) is 21.4. The number of carbonyl (C=O) groups excluding carboxylic acids is 1. The third kappa shape index (κ3) is 4.43. The number of aryl methyl sites for hydroxylation is 1. The zero-order chi connectivity index (χ0) is 26.3. The maximum atomic E-state index is 15.4. The van der Waals surface area contributed by atoms with Gasteiger partial charge in [-0.2, -0.15) is 4.98 Å². The maximum Gasteiger partial charge on any atom is 0.355 e. The third-order valence-corrected chi connectivity index (χ3v) is 7.12. The van der Waals surface area contributed by atoms with Crippen molar-refractivity contribution in [2.75, 3.05) is 24.5 Å². The van der Waals surface area contributed by atoms with E-state index in [0.717, 1.165) is 11.3 Å². The van der Waals surface area contributed by atoms with Crippen molar-refractivity contribution in [2.24, 2.45) is 0 Å². The predicted octanol–water partition coefficient (Wildman–Crippen LogP) is 3.71. The van der Waals surface area contributed by atoms with Crippen LogP contribution in [0.1, 0.15) is 50.1 Å². The highest BCUT2D eigenvalue weighted by molar-refractivity contribution is 5.90. The van der Waals surface area contributed by atoms with E-state index in [4.69, 9.17) is 4.98 Å². The Labute approximate surface area is 215 Å². The number of hydrogen-bond acceptors (Lipinski definition) is 6. The summed E-state index contributed by atoms with van der Waals surface area (Å²) in [5.41, 5.74) is 2.58. The molecule has 0 unspecified atom stereocenters. The van der Waals surface area contributed by atoms with Crippen LogP contribution in [0.5, 0.6) is 0 Å². The van der Waals surface area contributed by atoms with Gasteiger partial charge in [0.1, 0.15) is 11.6 Å². The van der Waals surface area contributed by atoms with Gasteiger partial charge in [0.25, 0.3) is 0 Å². The van der Waals surface area contributed by atoms with E-state index in [1.807, 2.05) is 43.9 Å². The predicted molar refractivity (Wildman–Crippen MR) is 142 cm³/mol. The summed E-state index contributed by atoms with van der Waals surface area (Å²) in [4.78, 5) is 43.5. The van der Waals surface area contributed by atoms with Gasteiger partial charge >= 0.3 is 5.69 Å². The van der Waals surface area contributed by atoms with Crippen LogP contribution >= 0.6 is 0 Å². The van der Waals surface area contributed by atoms with E-state index in [9.17, 15) is 9.59 Å². The van der Waals surface area contributed by atoms with E-state index in [2.05, 4.69) is 16.5 Å². The topological polar surface area (TPSA) is 84.2 Å². The molecule has 0 saturated carbocycles. The van der Waals surface area contributed by atoms with Crippen molar-refractivity contribution < 1.29 is 9.18 Å². The molecule has 2 aliphatic rings. The van der Waals surface area contributed by atoms with E-state index in [-0.39, 0.29) is 17.9 Å². The van der Waals surface area contributed by atoms with E-state index in [1.54, 1.807) is 11.1 Å². The van der Waals surface area contributed by atoms with Gasteiger partial charge in [0.2, 0.25) is 5.91 Å². The number of amides is 1. The quantitative estimate of drug-likeness (QED) is 0.401. The lowest BCUT2D eigenvalue weighted by atomic mass is 10.0. The second-order valence-corrected chi connectivity index (χ2v) is 9.95. The van der Waals surface area contributed by atoms with Crippen LogP contribution < -0.4 is 10.6 Å². The molecular weight excluding hydrogens is 471 g/mol. The third-order valence-electron chi connectivity index (χ3n) is 7.12. The Balaban J connectivity index is 1.78. The molecule has 3 aromatic rings. The monoisotopic (exact) mass is 502 g/mol. The minimum Gasteiger partial charge on any atom is -0.350 e. The molecule has 2 bridgehead atoms. The van der Waals surface area contributed by atoms with Crippen LogP contribution in [0.4, 0.5) is 10.2 Å². The van der Waals surface area contributed by atoms with Gasteiger partial charge in [-0.25, -0.2) is 18.7 Å². The first-order valence-electron chi connectivity index (χ1n) is 12.7. The van der Waals surface area contributed by atoms with E-state index < -0.39 is 11.5 Å². The number of anilines is 1. The summed E-state index contributed by atoms with van der Waals surface area (Å²) < 4.78 is 16.9. The lowest BCUT2D eigenvalue weighted by molar-refractivity contribution is -0.126. The second-order valence-electron chi connectivity index (χ2n) is 9.95. The van der Waals surface area contributed by atoms with Crippen LogP contribution in [-0.2, 0) is 17.6 Å². The summed E-state index contributed by atoms with van der Waals surface area (Å²) in [5.74, 6) is -0.128. The fourth-order valence-electron chi connectivity index (χ4n) is 5.25. The van der Waals surface area contributed by atoms with Crippen LogP contribution in [0.3, 0.4) is 0 Å². The van der Waals surface area contributed by atoms with Crippen molar-refractivity contribution in [3.05, 3.63) is 76.4 Å². The van der Waals surface area contributed by atoms with E-state index >= 15 is 4.39 Å². The largest absolute Gasteiger partial charge is 0.355 e. The number of hydrogen-bond donors (Lipinski definition) is 0. The Morgan fingerprint density at radius 1 is 1.24 bits per heavy atom. The number of fused-ring (bicyclic) bond motifs is 3. The summed E-state index contributed by atoms with van der Waals surface area (Å²) in [5, 5.41) is 0.466. The number of halogens is 1. The number of nitrogens with zero attached hydrogens (tertiary/aromatic N) is 6. The van der Waals surface area contributed by atoms with Crippen LogP contribution in [0, 0.1) is 5.82 Å². The van der Waals surface area contributed by atoms with Gasteiger partial charge in [0.05, 0.1) is 22.5 Å². The highest BCUT2D eigenvalue weighted by Crippen LogP contribution is 2.32. The Morgan fingerprint density at radius 3 is 2.78 bits per heavy atom. The molecule has 1 amide bonds. The minimum atomic E-state index is -0.483. The van der Waals surface area contributed by atoms with Gasteiger partial charge in [-0.15, -0.1) is 0 Å². The molecule has 37 heavy (non-hydrogen) atoms. The summed E-state index contributed by atoms with van der Waals surface area (Å²) in [6.07, 6.45) is 8.82. The minimum absolute atomic E-state index is 0.0427. The SMILES string of the molecule is C=CC(=O)N1CCN(c2nc(=O)n3c4nc(c(F)cc24)CCC=CCc2ccnc(C(C)C)c2-3)[C@@H](C)C1. The fraction of sp³-hybridized carbons (Fsp3) is 0.393. The molecule has 0 aliphatic carbocycles. The molecule has 3 aromatic heterocycles. The zero-order valence-corrected chi connectivity index (χ0v) is 21.4. The van der Waals surface area contributed by atoms with Gasteiger partial charge in [-0.3, -0.25) is 9.78 Å². The number of piperazine rings is 1. The first-order valence-corrected chi connectivity index (χ1v) is 12.7. The van der Waals surface area contributed by atoms with Crippen molar-refractivity contribution in [1.29, 1.82) is 0 Å². The molecule has 0 aromatic carbocycles. The molecule has 192 valence electrons. The molecule has 9 heteroatoms. The smallest absolute Gasteiger partial charge is 0.350 e. The molecule has 0 N–H and O–H groups in total. The van der Waals surface area contributed by atoms with Gasteiger partial charge in [-0.1, -0.05) is 32.6 Å². The molecule has 5 heterocycles. The standard InChI is InChI=1S/C28H31FN6O2/c1-5-23(36)33-13-14-34(18(4)16-33)26-20-15-21(29)22-10-8-6-7-9-19-11-12-30-24(17(2)3)25(19)35(27(20)31-22)28(37)32-26/h5-7,11-12,15,17-18H,1,8-10,13-14,16H2,2-4H3/t18-/m0/s1. The first kappa shape index (κ1) is 24.8. The molecule has 0 spiro atoms. The van der Waals surface area contributed by atoms with Crippen molar-refractivity contribution in [3.8, 4) is 5.69 Å². The Hall–Kier alpha value is -3.88. The van der Waals surface area contributed by atoms with Crippen molar-refractivity contribution >= 4 is 22.8 Å². The molecule has 1 atom stereocenters. The fourth-order valence-corrected chi connectivity index (χ4v) is 5.25. The summed E-state index contributed by atoms with van der Waals surface area (Å²) in [6, 6.07) is 3.23. The van der Waals surface area contributed by atoms with Crippen LogP contribution in [-0.4, -0.2) is 56.0 Å². The molecule has 8 nitrogen and oxygen atoms in total. The Morgan fingerprint density at radius 2 is 2.05 bits per heavy atom. The van der Waals surface area contributed by atoms with Crippen LogP contribution in [0.25, 0.3) is 16.7 Å². The van der Waals surface area contributed by atoms with Gasteiger partial charge < -0.3 is 9.80 Å². The van der Waals surface area contributed by atoms with Crippen molar-refractivity contribution in [2.45, 2.75) is 52.0 Å². The number of rotatable bonds is 3. The lowest BCUT2D eigenvalue weighted by Gasteiger charge is -2.40. The summed E-state index contributed by atoms with van der Waals surface area (Å²) >= 11 is 0. The highest BCUT2D eigenvalue weighted by atomic mass is 19.1. The normalized spacial score (nSPS) is 17.7. The molecule has 2 aliphatic heterocycles. The van der Waals surface area contributed by atoms with Crippen molar-refractivity contribution in [3.63, 3.8) is 0 Å². The highest BCUT2D eigenvalue weighted by Gasteiger charge is 2.30. The molecular formula is C28H31FN6O2. The molecule has 1 fully saturated rings. The number of allylic oxidation sites excluding steroid dienone is 2. The number of carbonyl (C=O) groups is 1. The molecule has 0 radical (unpaired) electrons. The van der Waals surface area contributed by atoms with E-state index in [1.165, 1.54) is 16.7 Å². The first-order chi connectivity index (χ1) is 17.8. The van der Waals surface area contributed by atoms with Gasteiger partial charge in [0, 0.05) is 31.9 Å². The average molecular weight is 503 g/mol. The van der Waals surface area contributed by atoms with E-state index in [0.29, 0.717) is 67.1 Å². The summed E-state index contributed by atoms with van der Waals surface area (Å²) in [7, 11) is 0. The van der Waals surface area contributed by atoms with Crippen LogP contribution in [0.15, 0.2) is 47.9 Å². The summed E-state index contributed by atoms with van der Waals surface area (Å²) in [6.45, 7) is 11.0. The molecule has 5 rings (SSSR count). The average Bonchev–Trinajstić information content (AvgIpc) is 2.91. The van der Waals surface area contributed by atoms with Gasteiger partial charge in [0.15, 0.2) is 5.65 Å².